The smallest absolute Gasteiger partial charge is 0.253 e. The summed E-state index contributed by atoms with van der Waals surface area (Å²) in [6.45, 7) is 0.389. The molecule has 0 radical (unpaired) electrons. The lowest BCUT2D eigenvalue weighted by Gasteiger charge is -2.13. The number of anilines is 1. The second-order valence-electron chi connectivity index (χ2n) is 4.78. The molecule has 1 aromatic carbocycles. The van der Waals surface area contributed by atoms with Crippen LogP contribution in [0.25, 0.3) is 0 Å². The van der Waals surface area contributed by atoms with E-state index in [0.29, 0.717) is 18.7 Å². The van der Waals surface area contributed by atoms with Gasteiger partial charge in [-0.3, -0.25) is 4.79 Å². The fourth-order valence-electron chi connectivity index (χ4n) is 2.15. The van der Waals surface area contributed by atoms with Crippen molar-refractivity contribution in [1.82, 2.24) is 4.72 Å². The number of hydrogen-bond donors (Lipinski definition) is 3. The molecule has 4 N–H and O–H groups in total. The van der Waals surface area contributed by atoms with E-state index < -0.39 is 16.1 Å². The standard InChI is InChI=1S/C13H19N3O4S.ClH/c1-15-21(18,19)11-4-2-3-9(7-11)16-13(17)12-6-5-10(8-14)20-12;/h2-4,7,10,12,15H,5-6,8,14H2,1H3,(H,16,17);1H/t10-,12+;/m1./s1. The molecule has 1 aliphatic rings. The molecule has 0 saturated carbocycles. The van der Waals surface area contributed by atoms with Gasteiger partial charge in [0.1, 0.15) is 6.10 Å². The SMILES string of the molecule is CNS(=O)(=O)c1cccc(NC(=O)[C@@H]2CC[C@H](CN)O2)c1.Cl. The highest BCUT2D eigenvalue weighted by Gasteiger charge is 2.29. The number of amides is 1. The van der Waals surface area contributed by atoms with Gasteiger partial charge in [0.05, 0.1) is 11.0 Å². The molecule has 124 valence electrons. The third kappa shape index (κ3) is 4.40. The number of nitrogens with one attached hydrogen (secondary N) is 2. The number of nitrogens with two attached hydrogens (primary N) is 1. The van der Waals surface area contributed by atoms with E-state index in [-0.39, 0.29) is 29.3 Å². The zero-order valence-corrected chi connectivity index (χ0v) is 13.7. The van der Waals surface area contributed by atoms with Crippen LogP contribution in [0.3, 0.4) is 0 Å². The van der Waals surface area contributed by atoms with E-state index >= 15 is 0 Å². The lowest BCUT2D eigenvalue weighted by Crippen LogP contribution is -2.29. The quantitative estimate of drug-likeness (QED) is 0.715. The van der Waals surface area contributed by atoms with Crippen molar-refractivity contribution in [2.45, 2.75) is 29.9 Å². The van der Waals surface area contributed by atoms with Crippen molar-refractivity contribution in [1.29, 1.82) is 0 Å². The second-order valence-corrected chi connectivity index (χ2v) is 6.67. The van der Waals surface area contributed by atoms with E-state index in [1.54, 1.807) is 12.1 Å². The van der Waals surface area contributed by atoms with Gasteiger partial charge in [-0.25, -0.2) is 13.1 Å². The molecular weight excluding hydrogens is 330 g/mol. The lowest BCUT2D eigenvalue weighted by molar-refractivity contribution is -0.126. The van der Waals surface area contributed by atoms with Gasteiger partial charge in [-0.15, -0.1) is 12.4 Å². The topological polar surface area (TPSA) is 111 Å². The minimum atomic E-state index is -3.54. The van der Waals surface area contributed by atoms with E-state index in [2.05, 4.69) is 10.0 Å². The number of sulfonamides is 1. The molecule has 1 fully saturated rings. The van der Waals surface area contributed by atoms with Crippen LogP contribution in [0, 0.1) is 0 Å². The van der Waals surface area contributed by atoms with Crippen molar-refractivity contribution >= 4 is 34.0 Å². The maximum atomic E-state index is 12.1. The molecule has 1 aliphatic heterocycles. The van der Waals surface area contributed by atoms with Crippen molar-refractivity contribution in [3.8, 4) is 0 Å². The molecule has 0 spiro atoms. The van der Waals surface area contributed by atoms with Gasteiger partial charge in [0.15, 0.2) is 0 Å². The maximum Gasteiger partial charge on any atom is 0.253 e. The van der Waals surface area contributed by atoms with Crippen molar-refractivity contribution in [2.75, 3.05) is 18.9 Å². The average molecular weight is 350 g/mol. The van der Waals surface area contributed by atoms with Crippen LogP contribution in [-0.2, 0) is 19.6 Å². The van der Waals surface area contributed by atoms with Crippen LogP contribution in [-0.4, -0.2) is 40.1 Å². The van der Waals surface area contributed by atoms with Gasteiger partial charge < -0.3 is 15.8 Å². The third-order valence-electron chi connectivity index (χ3n) is 3.34. The minimum absolute atomic E-state index is 0. The van der Waals surface area contributed by atoms with Crippen LogP contribution in [0.2, 0.25) is 0 Å². The Morgan fingerprint density at radius 3 is 2.73 bits per heavy atom. The van der Waals surface area contributed by atoms with Gasteiger partial charge in [0.2, 0.25) is 10.0 Å². The van der Waals surface area contributed by atoms with Gasteiger partial charge >= 0.3 is 0 Å². The molecular formula is C13H20ClN3O4S. The van der Waals surface area contributed by atoms with E-state index in [9.17, 15) is 13.2 Å². The number of carbonyl (C=O) groups excluding carboxylic acids is 1. The number of rotatable bonds is 5. The van der Waals surface area contributed by atoms with E-state index in [1.807, 2.05) is 0 Å². The van der Waals surface area contributed by atoms with Crippen LogP contribution in [0.1, 0.15) is 12.8 Å². The minimum Gasteiger partial charge on any atom is -0.364 e. The summed E-state index contributed by atoms with van der Waals surface area (Å²) >= 11 is 0. The van der Waals surface area contributed by atoms with Crippen molar-refractivity contribution in [3.63, 3.8) is 0 Å². The Balaban J connectivity index is 0.00000242. The van der Waals surface area contributed by atoms with Crippen LogP contribution in [0.5, 0.6) is 0 Å². The Hall–Kier alpha value is -1.19. The Morgan fingerprint density at radius 2 is 2.14 bits per heavy atom. The highest BCUT2D eigenvalue weighted by molar-refractivity contribution is 7.89. The normalized spacial score (nSPS) is 21.2. The second kappa shape index (κ2) is 7.89. The molecule has 7 nitrogen and oxygen atoms in total. The summed E-state index contributed by atoms with van der Waals surface area (Å²) in [4.78, 5) is 12.2. The van der Waals surface area contributed by atoms with Crippen LogP contribution in [0.15, 0.2) is 29.2 Å². The molecule has 1 saturated heterocycles. The summed E-state index contributed by atoms with van der Waals surface area (Å²) in [5.41, 5.74) is 5.91. The highest BCUT2D eigenvalue weighted by Crippen LogP contribution is 2.21. The molecule has 0 bridgehead atoms. The first kappa shape index (κ1) is 18.9. The van der Waals surface area contributed by atoms with Gasteiger partial charge in [0.25, 0.3) is 5.91 Å². The highest BCUT2D eigenvalue weighted by atomic mass is 35.5. The number of benzene rings is 1. The summed E-state index contributed by atoms with van der Waals surface area (Å²) in [5.74, 6) is -0.287. The molecule has 9 heteroatoms. The van der Waals surface area contributed by atoms with Crippen LogP contribution >= 0.6 is 12.4 Å². The fraction of sp³-hybridized carbons (Fsp3) is 0.462. The zero-order chi connectivity index (χ0) is 15.5. The number of halogens is 1. The summed E-state index contributed by atoms with van der Waals surface area (Å²) in [6.07, 6.45) is 0.741. The van der Waals surface area contributed by atoms with Crippen molar-refractivity contribution in [3.05, 3.63) is 24.3 Å². The van der Waals surface area contributed by atoms with Crippen molar-refractivity contribution in [2.24, 2.45) is 5.73 Å². The van der Waals surface area contributed by atoms with Crippen molar-refractivity contribution < 1.29 is 17.9 Å². The van der Waals surface area contributed by atoms with Gasteiger partial charge in [-0.1, -0.05) is 6.07 Å². The average Bonchev–Trinajstić information content (AvgIpc) is 2.96. The van der Waals surface area contributed by atoms with E-state index in [0.717, 1.165) is 6.42 Å². The summed E-state index contributed by atoms with van der Waals surface area (Å²) in [7, 11) is -2.20. The number of ether oxygens (including phenoxy) is 1. The molecule has 1 heterocycles. The molecule has 22 heavy (non-hydrogen) atoms. The zero-order valence-electron chi connectivity index (χ0n) is 12.1. The monoisotopic (exact) mass is 349 g/mol. The molecule has 1 amide bonds. The Labute approximate surface area is 136 Å². The third-order valence-corrected chi connectivity index (χ3v) is 4.76. The number of hydrogen-bond acceptors (Lipinski definition) is 5. The largest absolute Gasteiger partial charge is 0.364 e. The molecule has 1 aromatic rings. The molecule has 2 rings (SSSR count). The Morgan fingerprint density at radius 1 is 1.41 bits per heavy atom. The van der Waals surface area contributed by atoms with E-state index in [1.165, 1.54) is 19.2 Å². The first-order chi connectivity index (χ1) is 9.96. The maximum absolute atomic E-state index is 12.1. The fourth-order valence-corrected chi connectivity index (χ4v) is 2.93. The first-order valence-electron chi connectivity index (χ1n) is 6.66. The predicted octanol–water partition coefficient (Wildman–Crippen LogP) is 0.461. The molecule has 2 atom stereocenters. The predicted molar refractivity (Wildman–Crippen MR) is 85.5 cm³/mol. The van der Waals surface area contributed by atoms with Crippen LogP contribution < -0.4 is 15.8 Å². The Bertz CT molecular complexity index is 623. The first-order valence-corrected chi connectivity index (χ1v) is 8.14. The Kier molecular flexibility index (Phi) is 6.76. The summed E-state index contributed by atoms with van der Waals surface area (Å²) in [6, 6.07) is 6.05. The molecule has 0 aliphatic carbocycles. The van der Waals surface area contributed by atoms with E-state index in [4.69, 9.17) is 10.5 Å². The lowest BCUT2D eigenvalue weighted by atomic mass is 10.2. The molecule has 0 unspecified atom stereocenters. The van der Waals surface area contributed by atoms with Gasteiger partial charge in [-0.05, 0) is 38.1 Å². The van der Waals surface area contributed by atoms with Gasteiger partial charge in [-0.2, -0.15) is 0 Å². The molecule has 0 aromatic heterocycles. The van der Waals surface area contributed by atoms with Gasteiger partial charge in [0, 0.05) is 12.2 Å². The summed E-state index contributed by atoms with van der Waals surface area (Å²) in [5, 5.41) is 2.67. The summed E-state index contributed by atoms with van der Waals surface area (Å²) < 4.78 is 31.2. The van der Waals surface area contributed by atoms with Crippen LogP contribution in [0.4, 0.5) is 5.69 Å². The number of carbonyl (C=O) groups is 1.